The maximum atomic E-state index is 12.1. The van der Waals surface area contributed by atoms with E-state index in [1.54, 1.807) is 31.2 Å². The first-order valence-electron chi connectivity index (χ1n) is 7.12. The third-order valence-electron chi connectivity index (χ3n) is 3.47. The number of carbonyl (C=O) groups is 1. The first-order chi connectivity index (χ1) is 11.5. The molecule has 0 aliphatic heterocycles. The number of nitrogens with zero attached hydrogens (tertiary/aromatic N) is 2. The van der Waals surface area contributed by atoms with Gasteiger partial charge in [0.25, 0.3) is 5.56 Å². The Morgan fingerprint density at radius 1 is 1.25 bits per heavy atom. The summed E-state index contributed by atoms with van der Waals surface area (Å²) in [4.78, 5) is 24.3. The molecule has 0 unspecified atom stereocenters. The van der Waals surface area contributed by atoms with Gasteiger partial charge in [0.05, 0.1) is 14.2 Å². The van der Waals surface area contributed by atoms with E-state index < -0.39 is 11.5 Å². The molecule has 1 N–H and O–H groups in total. The van der Waals surface area contributed by atoms with Gasteiger partial charge in [-0.1, -0.05) is 0 Å². The summed E-state index contributed by atoms with van der Waals surface area (Å²) in [5.74, 6) is 0.635. The lowest BCUT2D eigenvalue weighted by Gasteiger charge is -2.11. The molecular weight excluding hydrogens is 310 g/mol. The van der Waals surface area contributed by atoms with Crippen LogP contribution in [-0.2, 0) is 11.3 Å². The van der Waals surface area contributed by atoms with Crippen molar-refractivity contribution in [1.29, 1.82) is 5.26 Å². The molecule has 124 valence electrons. The molecule has 1 aromatic carbocycles. The van der Waals surface area contributed by atoms with Crippen LogP contribution >= 0.6 is 0 Å². The molecule has 0 saturated carbocycles. The Morgan fingerprint density at radius 3 is 2.58 bits per heavy atom. The summed E-state index contributed by atoms with van der Waals surface area (Å²) in [6.07, 6.45) is 1.49. The van der Waals surface area contributed by atoms with Crippen LogP contribution in [0.5, 0.6) is 11.5 Å². The molecule has 0 saturated heterocycles. The second-order valence-corrected chi connectivity index (χ2v) is 5.04. The van der Waals surface area contributed by atoms with Crippen LogP contribution in [0.4, 0.5) is 5.69 Å². The fourth-order valence-corrected chi connectivity index (χ4v) is 2.19. The van der Waals surface area contributed by atoms with Crippen molar-refractivity contribution in [3.63, 3.8) is 0 Å². The summed E-state index contributed by atoms with van der Waals surface area (Å²) in [5.41, 5.74) is 0.647. The number of anilines is 1. The quantitative estimate of drug-likeness (QED) is 0.902. The molecule has 0 aliphatic rings. The molecule has 1 heterocycles. The van der Waals surface area contributed by atoms with E-state index in [1.807, 2.05) is 6.07 Å². The number of nitriles is 1. The Bertz CT molecular complexity index is 865. The molecule has 0 aliphatic carbocycles. The van der Waals surface area contributed by atoms with Crippen molar-refractivity contribution < 1.29 is 14.3 Å². The van der Waals surface area contributed by atoms with Gasteiger partial charge in [0.2, 0.25) is 5.91 Å². The zero-order valence-corrected chi connectivity index (χ0v) is 13.6. The molecule has 1 amide bonds. The summed E-state index contributed by atoms with van der Waals surface area (Å²) >= 11 is 0. The van der Waals surface area contributed by atoms with Gasteiger partial charge in [-0.3, -0.25) is 9.59 Å². The predicted molar refractivity (Wildman–Crippen MR) is 88.3 cm³/mol. The Balaban J connectivity index is 2.18. The van der Waals surface area contributed by atoms with Crippen molar-refractivity contribution in [2.24, 2.45) is 0 Å². The molecular formula is C17H17N3O4. The van der Waals surface area contributed by atoms with Gasteiger partial charge < -0.3 is 19.4 Å². The number of aryl methyl sites for hydroxylation is 1. The highest BCUT2D eigenvalue weighted by Crippen LogP contribution is 2.29. The van der Waals surface area contributed by atoms with Crippen LogP contribution < -0.4 is 20.3 Å². The van der Waals surface area contributed by atoms with E-state index in [-0.39, 0.29) is 12.1 Å². The molecule has 7 heteroatoms. The van der Waals surface area contributed by atoms with Gasteiger partial charge in [-0.2, -0.15) is 5.26 Å². The molecule has 7 nitrogen and oxygen atoms in total. The monoisotopic (exact) mass is 327 g/mol. The van der Waals surface area contributed by atoms with Crippen LogP contribution in [0.2, 0.25) is 0 Å². The average Bonchev–Trinajstić information content (AvgIpc) is 2.57. The first kappa shape index (κ1) is 17.1. The lowest BCUT2D eigenvalue weighted by molar-refractivity contribution is -0.116. The Morgan fingerprint density at radius 2 is 1.96 bits per heavy atom. The maximum absolute atomic E-state index is 12.1. The van der Waals surface area contributed by atoms with Crippen LogP contribution in [0.1, 0.15) is 11.1 Å². The Hall–Kier alpha value is -3.27. The molecule has 2 rings (SSSR count). The van der Waals surface area contributed by atoms with Crippen molar-refractivity contribution in [2.75, 3.05) is 19.5 Å². The van der Waals surface area contributed by atoms with E-state index in [1.165, 1.54) is 25.0 Å². The van der Waals surface area contributed by atoms with Crippen LogP contribution in [-0.4, -0.2) is 24.7 Å². The highest BCUT2D eigenvalue weighted by molar-refractivity contribution is 5.91. The van der Waals surface area contributed by atoms with Gasteiger partial charge in [-0.15, -0.1) is 0 Å². The SMILES string of the molecule is COc1ccc(NC(=O)Cn2ccc(C)c(C#N)c2=O)cc1OC. The highest BCUT2D eigenvalue weighted by Gasteiger charge is 2.11. The van der Waals surface area contributed by atoms with Crippen LogP contribution in [0.25, 0.3) is 0 Å². The zero-order chi connectivity index (χ0) is 17.7. The number of aromatic nitrogens is 1. The highest BCUT2D eigenvalue weighted by atomic mass is 16.5. The second-order valence-electron chi connectivity index (χ2n) is 5.04. The Labute approximate surface area is 139 Å². The van der Waals surface area contributed by atoms with Crippen molar-refractivity contribution in [2.45, 2.75) is 13.5 Å². The smallest absolute Gasteiger partial charge is 0.269 e. The largest absolute Gasteiger partial charge is 0.493 e. The maximum Gasteiger partial charge on any atom is 0.269 e. The number of amides is 1. The minimum atomic E-state index is -0.486. The number of rotatable bonds is 5. The van der Waals surface area contributed by atoms with E-state index in [9.17, 15) is 9.59 Å². The number of nitrogens with one attached hydrogen (secondary N) is 1. The summed E-state index contributed by atoms with van der Waals surface area (Å²) in [6, 6.07) is 8.44. The van der Waals surface area contributed by atoms with Crippen LogP contribution in [0, 0.1) is 18.3 Å². The number of hydrogen-bond acceptors (Lipinski definition) is 5. The fourth-order valence-electron chi connectivity index (χ4n) is 2.19. The number of benzene rings is 1. The van der Waals surface area contributed by atoms with Gasteiger partial charge in [0.15, 0.2) is 11.5 Å². The fraction of sp³-hybridized carbons (Fsp3) is 0.235. The molecule has 0 atom stereocenters. The summed E-state index contributed by atoms with van der Waals surface area (Å²) in [5, 5.41) is 11.7. The molecule has 1 aromatic heterocycles. The lowest BCUT2D eigenvalue weighted by Crippen LogP contribution is -2.29. The molecule has 0 fully saturated rings. The van der Waals surface area contributed by atoms with Crippen molar-refractivity contribution in [3.05, 3.63) is 51.9 Å². The average molecular weight is 327 g/mol. The standard InChI is InChI=1S/C17H17N3O4/c1-11-6-7-20(17(22)13(11)9-18)10-16(21)19-12-4-5-14(23-2)15(8-12)24-3/h4-8H,10H2,1-3H3,(H,19,21). The summed E-state index contributed by atoms with van der Waals surface area (Å²) in [7, 11) is 3.02. The van der Waals surface area contributed by atoms with E-state index in [0.29, 0.717) is 22.7 Å². The zero-order valence-electron chi connectivity index (χ0n) is 13.6. The Kier molecular flexibility index (Phi) is 5.22. The number of ether oxygens (including phenoxy) is 2. The third-order valence-corrected chi connectivity index (χ3v) is 3.47. The number of methoxy groups -OCH3 is 2. The van der Waals surface area contributed by atoms with Crippen LogP contribution in [0.3, 0.4) is 0 Å². The summed E-state index contributed by atoms with van der Waals surface area (Å²) < 4.78 is 11.5. The van der Waals surface area contributed by atoms with Gasteiger partial charge >= 0.3 is 0 Å². The van der Waals surface area contributed by atoms with Crippen molar-refractivity contribution >= 4 is 11.6 Å². The predicted octanol–water partition coefficient (Wildman–Crippen LogP) is 1.68. The topological polar surface area (TPSA) is 93.4 Å². The molecule has 0 spiro atoms. The number of pyridine rings is 1. The van der Waals surface area contributed by atoms with E-state index in [4.69, 9.17) is 14.7 Å². The summed E-state index contributed by atoms with van der Waals surface area (Å²) in [6.45, 7) is 1.48. The van der Waals surface area contributed by atoms with Gasteiger partial charge in [0.1, 0.15) is 18.2 Å². The second kappa shape index (κ2) is 7.33. The van der Waals surface area contributed by atoms with E-state index in [2.05, 4.69) is 5.32 Å². The van der Waals surface area contributed by atoms with Gasteiger partial charge in [-0.25, -0.2) is 0 Å². The number of carbonyl (C=O) groups excluding carboxylic acids is 1. The molecule has 24 heavy (non-hydrogen) atoms. The minimum absolute atomic E-state index is 0.0383. The molecule has 2 aromatic rings. The van der Waals surface area contributed by atoms with Crippen molar-refractivity contribution in [1.82, 2.24) is 4.57 Å². The lowest BCUT2D eigenvalue weighted by atomic mass is 10.2. The van der Waals surface area contributed by atoms with E-state index >= 15 is 0 Å². The number of hydrogen-bond donors (Lipinski definition) is 1. The minimum Gasteiger partial charge on any atom is -0.493 e. The first-order valence-corrected chi connectivity index (χ1v) is 7.12. The van der Waals surface area contributed by atoms with Gasteiger partial charge in [-0.05, 0) is 30.7 Å². The van der Waals surface area contributed by atoms with E-state index in [0.717, 1.165) is 0 Å². The van der Waals surface area contributed by atoms with Crippen LogP contribution in [0.15, 0.2) is 35.3 Å². The van der Waals surface area contributed by atoms with Crippen molar-refractivity contribution in [3.8, 4) is 17.6 Å². The normalized spacial score (nSPS) is 9.92. The van der Waals surface area contributed by atoms with Gasteiger partial charge in [0, 0.05) is 18.0 Å². The third kappa shape index (κ3) is 3.55. The molecule has 0 bridgehead atoms. The molecule has 0 radical (unpaired) electrons.